The Balaban J connectivity index is -0.000000480. The third-order valence-electron chi connectivity index (χ3n) is 2.63. The molecule has 0 radical (unpaired) electrons. The molecule has 0 aromatic heterocycles. The highest BCUT2D eigenvalue weighted by atomic mass is 16.5. The number of hydrogen-bond acceptors (Lipinski definition) is 3. The lowest BCUT2D eigenvalue weighted by atomic mass is 9.90. The molecule has 0 bridgehead atoms. The zero-order valence-corrected chi connectivity index (χ0v) is 8.00. The first-order valence-corrected chi connectivity index (χ1v) is 4.52. The molecule has 94 valence electrons. The van der Waals surface area contributed by atoms with Gasteiger partial charge in [-0.3, -0.25) is 0 Å². The average Bonchev–Trinajstić information content (AvgIpc) is 2.51. The maximum Gasteiger partial charge on any atom is 0.180 e. The average molecular weight is 219 g/mol. The molecule has 1 rings (SSSR count). The van der Waals surface area contributed by atoms with Gasteiger partial charge in [0.2, 0.25) is 0 Å². The first kappa shape index (κ1) is 19.9. The van der Waals surface area contributed by atoms with Crippen molar-refractivity contribution in [3.63, 3.8) is 0 Å². The fourth-order valence-electron chi connectivity index (χ4n) is 1.49. The van der Waals surface area contributed by atoms with Crippen molar-refractivity contribution in [2.24, 2.45) is 4.99 Å². The van der Waals surface area contributed by atoms with Crippen molar-refractivity contribution < 1.29 is 9.84 Å². The summed E-state index contributed by atoms with van der Waals surface area (Å²) in [6.07, 6.45) is 1.46. The maximum atomic E-state index is 10.1. The molecular weight excluding hydrogens is 190 g/mol. The van der Waals surface area contributed by atoms with Gasteiger partial charge in [0.25, 0.3) is 0 Å². The quantitative estimate of drug-likeness (QED) is 0.791. The van der Waals surface area contributed by atoms with E-state index < -0.39 is 5.60 Å². The molecule has 0 aromatic rings. The van der Waals surface area contributed by atoms with Gasteiger partial charge in [-0.05, 0) is 12.8 Å². The first-order chi connectivity index (χ1) is 5.62. The minimum Gasteiger partial charge on any atom is -0.479 e. The summed E-state index contributed by atoms with van der Waals surface area (Å²) in [6, 6.07) is -0.0625. The second-order valence-electron chi connectivity index (χ2n) is 3.29. The monoisotopic (exact) mass is 219 g/mol. The van der Waals surface area contributed by atoms with Crippen LogP contribution in [0.15, 0.2) is 4.99 Å². The molecule has 0 unspecified atom stereocenters. The van der Waals surface area contributed by atoms with Crippen LogP contribution >= 0.6 is 0 Å². The van der Waals surface area contributed by atoms with E-state index >= 15 is 0 Å². The molecule has 0 aliphatic carbocycles. The molecule has 1 atom stereocenters. The third-order valence-corrected chi connectivity index (χ3v) is 2.63. The number of aliphatic hydroxyl groups is 1. The highest BCUT2D eigenvalue weighted by Gasteiger charge is 2.36. The lowest BCUT2D eigenvalue weighted by Crippen LogP contribution is -2.40. The molecular formula is C12H29NO2. The lowest BCUT2D eigenvalue weighted by Gasteiger charge is -2.28. The van der Waals surface area contributed by atoms with E-state index in [1.54, 1.807) is 0 Å². The van der Waals surface area contributed by atoms with E-state index in [2.05, 4.69) is 4.99 Å². The van der Waals surface area contributed by atoms with Crippen LogP contribution in [0, 0.1) is 0 Å². The van der Waals surface area contributed by atoms with E-state index in [4.69, 9.17) is 4.74 Å². The summed E-state index contributed by atoms with van der Waals surface area (Å²) >= 11 is 0. The zero-order chi connectivity index (χ0) is 9.19. The predicted molar refractivity (Wildman–Crippen MR) is 68.6 cm³/mol. The zero-order valence-electron chi connectivity index (χ0n) is 8.00. The van der Waals surface area contributed by atoms with Gasteiger partial charge in [0.1, 0.15) is 12.6 Å². The van der Waals surface area contributed by atoms with Gasteiger partial charge >= 0.3 is 0 Å². The second kappa shape index (κ2) is 7.69. The summed E-state index contributed by atoms with van der Waals surface area (Å²) in [5.41, 5.74) is -0.669. The smallest absolute Gasteiger partial charge is 0.180 e. The van der Waals surface area contributed by atoms with E-state index in [1.807, 2.05) is 20.8 Å². The van der Waals surface area contributed by atoms with E-state index in [9.17, 15) is 5.11 Å². The Labute approximate surface area is 95.6 Å². The SMILES string of the molecule is C.C.C.CCC(O)(CC)[C@@H]1COC(C)=N1. The number of nitrogens with zero attached hydrogens (tertiary/aromatic N) is 1. The van der Waals surface area contributed by atoms with Crippen LogP contribution in [0.5, 0.6) is 0 Å². The largest absolute Gasteiger partial charge is 0.479 e. The molecule has 0 amide bonds. The first-order valence-electron chi connectivity index (χ1n) is 4.52. The molecule has 3 nitrogen and oxygen atoms in total. The molecule has 1 N–H and O–H groups in total. The Hall–Kier alpha value is -0.570. The molecule has 0 spiro atoms. The molecule has 15 heavy (non-hydrogen) atoms. The van der Waals surface area contributed by atoms with Gasteiger partial charge in [0.15, 0.2) is 5.90 Å². The second-order valence-corrected chi connectivity index (χ2v) is 3.29. The van der Waals surface area contributed by atoms with Crippen molar-refractivity contribution >= 4 is 5.90 Å². The van der Waals surface area contributed by atoms with Gasteiger partial charge in [-0.1, -0.05) is 36.1 Å². The Morgan fingerprint density at radius 3 is 2.07 bits per heavy atom. The van der Waals surface area contributed by atoms with Gasteiger partial charge in [-0.15, -0.1) is 0 Å². The molecule has 0 saturated carbocycles. The number of rotatable bonds is 3. The molecule has 3 heteroatoms. The summed E-state index contributed by atoms with van der Waals surface area (Å²) in [7, 11) is 0. The number of ether oxygens (including phenoxy) is 1. The van der Waals surface area contributed by atoms with Crippen LogP contribution in [-0.4, -0.2) is 29.3 Å². The van der Waals surface area contributed by atoms with Crippen molar-refractivity contribution in [2.45, 2.75) is 67.5 Å². The minimum absolute atomic E-state index is 0. The van der Waals surface area contributed by atoms with Gasteiger partial charge in [0, 0.05) is 6.92 Å². The predicted octanol–water partition coefficient (Wildman–Crippen LogP) is 3.26. The van der Waals surface area contributed by atoms with E-state index in [-0.39, 0.29) is 28.3 Å². The van der Waals surface area contributed by atoms with Crippen LogP contribution in [0.2, 0.25) is 0 Å². The van der Waals surface area contributed by atoms with E-state index in [0.29, 0.717) is 12.5 Å². The summed E-state index contributed by atoms with van der Waals surface area (Å²) in [5, 5.41) is 10.1. The standard InChI is InChI=1S/C9H17NO2.3CH4/c1-4-9(11,5-2)8-6-12-7(3)10-8;;;/h8,11H,4-6H2,1-3H3;3*1H4/t8-;;;/m0.../s1. The molecule has 1 aliphatic rings. The van der Waals surface area contributed by atoms with Crippen LogP contribution < -0.4 is 0 Å². The van der Waals surface area contributed by atoms with Crippen molar-refractivity contribution in [3.05, 3.63) is 0 Å². The topological polar surface area (TPSA) is 41.8 Å². The van der Waals surface area contributed by atoms with Crippen LogP contribution in [0.1, 0.15) is 55.9 Å². The number of aliphatic imine (C=N–C) groups is 1. The highest BCUT2D eigenvalue weighted by molar-refractivity contribution is 5.74. The number of hydrogen-bond donors (Lipinski definition) is 1. The van der Waals surface area contributed by atoms with Crippen molar-refractivity contribution in [3.8, 4) is 0 Å². The molecule has 1 heterocycles. The molecule has 1 aliphatic heterocycles. The van der Waals surface area contributed by atoms with E-state index in [0.717, 1.165) is 12.8 Å². The molecule has 0 fully saturated rings. The summed E-state index contributed by atoms with van der Waals surface area (Å²) in [4.78, 5) is 4.25. The summed E-state index contributed by atoms with van der Waals surface area (Å²) in [6.45, 7) is 6.31. The van der Waals surface area contributed by atoms with Gasteiger partial charge in [0.05, 0.1) is 5.60 Å². The van der Waals surface area contributed by atoms with E-state index in [1.165, 1.54) is 0 Å². The van der Waals surface area contributed by atoms with Crippen molar-refractivity contribution in [2.75, 3.05) is 6.61 Å². The van der Waals surface area contributed by atoms with Crippen LogP contribution in [0.4, 0.5) is 0 Å². The maximum absolute atomic E-state index is 10.1. The Morgan fingerprint density at radius 1 is 1.33 bits per heavy atom. The van der Waals surface area contributed by atoms with Gasteiger partial charge in [-0.25, -0.2) is 4.99 Å². The minimum atomic E-state index is -0.669. The fraction of sp³-hybridized carbons (Fsp3) is 0.917. The van der Waals surface area contributed by atoms with Crippen LogP contribution in [-0.2, 0) is 4.74 Å². The summed E-state index contributed by atoms with van der Waals surface area (Å²) in [5.74, 6) is 0.695. The lowest BCUT2D eigenvalue weighted by molar-refractivity contribution is 0.000522. The Bertz CT molecular complexity index is 186. The van der Waals surface area contributed by atoms with Gasteiger partial charge < -0.3 is 9.84 Å². The van der Waals surface area contributed by atoms with Gasteiger partial charge in [-0.2, -0.15) is 0 Å². The Morgan fingerprint density at radius 2 is 1.80 bits per heavy atom. The van der Waals surface area contributed by atoms with Crippen LogP contribution in [0.3, 0.4) is 0 Å². The Kier molecular flexibility index (Phi) is 10.2. The summed E-state index contributed by atoms with van der Waals surface area (Å²) < 4.78 is 5.21. The van der Waals surface area contributed by atoms with Crippen LogP contribution in [0.25, 0.3) is 0 Å². The normalized spacial score (nSPS) is 18.9. The van der Waals surface area contributed by atoms with Crippen molar-refractivity contribution in [1.82, 2.24) is 0 Å². The molecule has 0 aromatic carbocycles. The molecule has 0 saturated heterocycles. The fourth-order valence-corrected chi connectivity index (χ4v) is 1.49. The third kappa shape index (κ3) is 4.20. The van der Waals surface area contributed by atoms with Crippen molar-refractivity contribution in [1.29, 1.82) is 0 Å². The highest BCUT2D eigenvalue weighted by Crippen LogP contribution is 2.25.